The van der Waals surface area contributed by atoms with Crippen molar-refractivity contribution in [3.05, 3.63) is 6.92 Å². The molecule has 1 unspecified atom stereocenters. The van der Waals surface area contributed by atoms with E-state index in [9.17, 15) is 4.79 Å². The van der Waals surface area contributed by atoms with E-state index < -0.39 is 11.7 Å². The van der Waals surface area contributed by atoms with E-state index in [4.69, 9.17) is 4.74 Å². The standard InChI is InChI=1S/C8H16NO2/c1-6(2)9-7(10)11-8(3,4)5/h6H,1H2,2-5H3,(H,9,10). The zero-order chi connectivity index (χ0) is 9.07. The average Bonchev–Trinajstić information content (AvgIpc) is 1.53. The predicted molar refractivity (Wildman–Crippen MR) is 44.2 cm³/mol. The van der Waals surface area contributed by atoms with Gasteiger partial charge in [0, 0.05) is 6.04 Å². The third-order valence-electron chi connectivity index (χ3n) is 0.763. The first-order chi connectivity index (χ1) is 4.81. The van der Waals surface area contributed by atoms with E-state index in [2.05, 4.69) is 12.2 Å². The maximum atomic E-state index is 10.9. The van der Waals surface area contributed by atoms with E-state index in [1.807, 2.05) is 20.8 Å². The van der Waals surface area contributed by atoms with Crippen LogP contribution in [0, 0.1) is 6.92 Å². The summed E-state index contributed by atoms with van der Waals surface area (Å²) in [6.45, 7) is 10.8. The molecule has 11 heavy (non-hydrogen) atoms. The van der Waals surface area contributed by atoms with Gasteiger partial charge in [-0.15, -0.1) is 0 Å². The first-order valence-corrected chi connectivity index (χ1v) is 3.64. The molecule has 0 rings (SSSR count). The molecule has 1 amide bonds. The van der Waals surface area contributed by atoms with Crippen molar-refractivity contribution < 1.29 is 9.53 Å². The van der Waals surface area contributed by atoms with Gasteiger partial charge in [0.2, 0.25) is 0 Å². The van der Waals surface area contributed by atoms with Crippen LogP contribution in [0.25, 0.3) is 0 Å². The Hall–Kier alpha value is -0.730. The normalized spacial score (nSPS) is 11.5. The Labute approximate surface area is 68.1 Å². The summed E-state index contributed by atoms with van der Waals surface area (Å²) in [5.74, 6) is 0. The first-order valence-electron chi connectivity index (χ1n) is 3.64. The topological polar surface area (TPSA) is 38.3 Å². The van der Waals surface area contributed by atoms with Gasteiger partial charge in [-0.25, -0.2) is 4.79 Å². The lowest BCUT2D eigenvalue weighted by Gasteiger charge is -2.20. The molecule has 0 aliphatic heterocycles. The van der Waals surface area contributed by atoms with Crippen molar-refractivity contribution in [2.24, 2.45) is 0 Å². The highest BCUT2D eigenvalue weighted by Crippen LogP contribution is 2.06. The van der Waals surface area contributed by atoms with Crippen LogP contribution in [0.1, 0.15) is 27.7 Å². The molecule has 0 aromatic carbocycles. The van der Waals surface area contributed by atoms with Gasteiger partial charge in [0.1, 0.15) is 5.60 Å². The van der Waals surface area contributed by atoms with Crippen molar-refractivity contribution in [1.82, 2.24) is 5.32 Å². The fourth-order valence-corrected chi connectivity index (χ4v) is 0.509. The van der Waals surface area contributed by atoms with Crippen LogP contribution in [0.3, 0.4) is 0 Å². The molecule has 0 spiro atoms. The molecular weight excluding hydrogens is 142 g/mol. The summed E-state index contributed by atoms with van der Waals surface area (Å²) in [6, 6.07) is -0.121. The van der Waals surface area contributed by atoms with Gasteiger partial charge < -0.3 is 10.1 Å². The second-order valence-corrected chi connectivity index (χ2v) is 3.55. The summed E-state index contributed by atoms with van der Waals surface area (Å²) >= 11 is 0. The van der Waals surface area contributed by atoms with Crippen molar-refractivity contribution in [3.63, 3.8) is 0 Å². The molecule has 1 N–H and O–H groups in total. The van der Waals surface area contributed by atoms with Crippen LogP contribution < -0.4 is 5.32 Å². The maximum absolute atomic E-state index is 10.9. The number of ether oxygens (including phenoxy) is 1. The molecule has 1 radical (unpaired) electrons. The quantitative estimate of drug-likeness (QED) is 0.631. The molecule has 65 valence electrons. The summed E-state index contributed by atoms with van der Waals surface area (Å²) in [6.07, 6.45) is -0.417. The van der Waals surface area contributed by atoms with Crippen LogP contribution in [0.15, 0.2) is 0 Å². The van der Waals surface area contributed by atoms with E-state index in [0.29, 0.717) is 0 Å². The molecule has 0 heterocycles. The number of amides is 1. The van der Waals surface area contributed by atoms with Crippen molar-refractivity contribution in [2.75, 3.05) is 0 Å². The molecule has 0 aliphatic carbocycles. The Balaban J connectivity index is 3.71. The van der Waals surface area contributed by atoms with Gasteiger partial charge in [0.05, 0.1) is 0 Å². The fourth-order valence-electron chi connectivity index (χ4n) is 0.509. The van der Waals surface area contributed by atoms with Crippen LogP contribution in [-0.4, -0.2) is 17.7 Å². The maximum Gasteiger partial charge on any atom is 0.407 e. The molecule has 0 fully saturated rings. The smallest absolute Gasteiger partial charge is 0.407 e. The Morgan fingerprint density at radius 3 is 2.27 bits per heavy atom. The lowest BCUT2D eigenvalue weighted by atomic mass is 10.2. The largest absolute Gasteiger partial charge is 0.444 e. The van der Waals surface area contributed by atoms with E-state index in [0.717, 1.165) is 0 Å². The van der Waals surface area contributed by atoms with Crippen LogP contribution in [0.5, 0.6) is 0 Å². The second kappa shape index (κ2) is 3.60. The zero-order valence-electron chi connectivity index (χ0n) is 7.60. The number of carbonyl (C=O) groups is 1. The molecule has 0 saturated carbocycles. The lowest BCUT2D eigenvalue weighted by Crippen LogP contribution is -2.36. The van der Waals surface area contributed by atoms with Gasteiger partial charge in [-0.3, -0.25) is 0 Å². The van der Waals surface area contributed by atoms with Crippen molar-refractivity contribution in [2.45, 2.75) is 39.3 Å². The van der Waals surface area contributed by atoms with Crippen LogP contribution in [-0.2, 0) is 4.74 Å². The highest BCUT2D eigenvalue weighted by Gasteiger charge is 2.15. The minimum Gasteiger partial charge on any atom is -0.444 e. The molecule has 1 atom stereocenters. The van der Waals surface area contributed by atoms with Gasteiger partial charge in [-0.1, -0.05) is 0 Å². The highest BCUT2D eigenvalue weighted by atomic mass is 16.6. The van der Waals surface area contributed by atoms with E-state index >= 15 is 0 Å². The van der Waals surface area contributed by atoms with Gasteiger partial charge in [-0.2, -0.15) is 0 Å². The predicted octanol–water partition coefficient (Wildman–Crippen LogP) is 1.73. The summed E-state index contributed by atoms with van der Waals surface area (Å²) < 4.78 is 4.96. The Kier molecular flexibility index (Phi) is 3.36. The van der Waals surface area contributed by atoms with Gasteiger partial charge in [-0.05, 0) is 34.6 Å². The summed E-state index contributed by atoms with van der Waals surface area (Å²) in [4.78, 5) is 10.9. The van der Waals surface area contributed by atoms with Crippen molar-refractivity contribution in [1.29, 1.82) is 0 Å². The summed E-state index contributed by atoms with van der Waals surface area (Å²) in [5.41, 5.74) is -0.432. The first kappa shape index (κ1) is 10.3. The highest BCUT2D eigenvalue weighted by molar-refractivity contribution is 5.68. The molecule has 3 heteroatoms. The van der Waals surface area contributed by atoms with Crippen molar-refractivity contribution in [3.8, 4) is 0 Å². The molecule has 0 aliphatic rings. The Morgan fingerprint density at radius 1 is 1.55 bits per heavy atom. The van der Waals surface area contributed by atoms with Crippen LogP contribution in [0.4, 0.5) is 4.79 Å². The zero-order valence-corrected chi connectivity index (χ0v) is 7.60. The van der Waals surface area contributed by atoms with E-state index in [1.165, 1.54) is 0 Å². The number of alkyl carbamates (subject to hydrolysis) is 1. The lowest BCUT2D eigenvalue weighted by molar-refractivity contribution is 0.0517. The van der Waals surface area contributed by atoms with E-state index in [-0.39, 0.29) is 6.04 Å². The summed E-state index contributed by atoms with van der Waals surface area (Å²) in [5, 5.41) is 2.53. The van der Waals surface area contributed by atoms with Gasteiger partial charge >= 0.3 is 6.09 Å². The minimum atomic E-state index is -0.432. The number of nitrogens with one attached hydrogen (secondary N) is 1. The number of hydrogen-bond acceptors (Lipinski definition) is 2. The SMILES string of the molecule is [CH2]C(C)NC(=O)OC(C)(C)C. The molecule has 0 bridgehead atoms. The van der Waals surface area contributed by atoms with Gasteiger partial charge in [0.15, 0.2) is 0 Å². The van der Waals surface area contributed by atoms with Gasteiger partial charge in [0.25, 0.3) is 0 Å². The summed E-state index contributed by atoms with van der Waals surface area (Å²) in [7, 11) is 0. The van der Waals surface area contributed by atoms with Crippen molar-refractivity contribution >= 4 is 6.09 Å². The Bertz CT molecular complexity index is 136. The van der Waals surface area contributed by atoms with Crippen LogP contribution in [0.2, 0.25) is 0 Å². The minimum absolute atomic E-state index is 0.121. The second-order valence-electron chi connectivity index (χ2n) is 3.55. The number of carbonyl (C=O) groups excluding carboxylic acids is 1. The van der Waals surface area contributed by atoms with Crippen LogP contribution >= 0.6 is 0 Å². The fraction of sp³-hybridized carbons (Fsp3) is 0.750. The third-order valence-corrected chi connectivity index (χ3v) is 0.763. The number of hydrogen-bond donors (Lipinski definition) is 1. The molecular formula is C8H16NO2. The molecule has 3 nitrogen and oxygen atoms in total. The molecule has 0 saturated heterocycles. The van der Waals surface area contributed by atoms with E-state index in [1.54, 1.807) is 6.92 Å². The average molecular weight is 158 g/mol. The molecule has 0 aromatic heterocycles. The third kappa shape index (κ3) is 7.16. The molecule has 0 aromatic rings. The monoisotopic (exact) mass is 158 g/mol. The number of rotatable bonds is 1. The Morgan fingerprint density at radius 2 is 2.00 bits per heavy atom.